The number of aromatic hydroxyl groups is 1. The molecule has 1 unspecified atom stereocenters. The lowest BCUT2D eigenvalue weighted by molar-refractivity contribution is -0.129. The zero-order valence-corrected chi connectivity index (χ0v) is 15.2. The van der Waals surface area contributed by atoms with Gasteiger partial charge in [0.2, 0.25) is 5.91 Å². The fourth-order valence-electron chi connectivity index (χ4n) is 2.85. The molecule has 1 heterocycles. The van der Waals surface area contributed by atoms with Crippen LogP contribution in [0.5, 0.6) is 11.5 Å². The van der Waals surface area contributed by atoms with E-state index < -0.39 is 0 Å². The van der Waals surface area contributed by atoms with Gasteiger partial charge >= 0.3 is 0 Å². The van der Waals surface area contributed by atoms with Gasteiger partial charge in [0.15, 0.2) is 17.5 Å². The third-order valence-corrected chi connectivity index (χ3v) is 4.19. The molecule has 1 fully saturated rings. The SMILES string of the molecule is CCNC(=NCc1ccc(OC)c(O)c1)NC1CCN(C(=O)CC)C1. The lowest BCUT2D eigenvalue weighted by Gasteiger charge is -2.18. The van der Waals surface area contributed by atoms with Crippen molar-refractivity contribution >= 4 is 11.9 Å². The summed E-state index contributed by atoms with van der Waals surface area (Å²) in [7, 11) is 1.52. The molecule has 2 rings (SSSR count). The van der Waals surface area contributed by atoms with Gasteiger partial charge in [0.05, 0.1) is 13.7 Å². The molecular weight excluding hydrogens is 320 g/mol. The monoisotopic (exact) mass is 348 g/mol. The van der Waals surface area contributed by atoms with E-state index in [0.717, 1.165) is 25.1 Å². The van der Waals surface area contributed by atoms with Crippen LogP contribution in [0.4, 0.5) is 0 Å². The Kier molecular flexibility index (Phi) is 6.91. The summed E-state index contributed by atoms with van der Waals surface area (Å²) in [5.41, 5.74) is 0.893. The Hall–Kier alpha value is -2.44. The fraction of sp³-hybridized carbons (Fsp3) is 0.556. The number of rotatable bonds is 6. The predicted octanol–water partition coefficient (Wildman–Crippen LogP) is 1.47. The Labute approximate surface area is 149 Å². The van der Waals surface area contributed by atoms with Crippen molar-refractivity contribution < 1.29 is 14.6 Å². The van der Waals surface area contributed by atoms with Gasteiger partial charge in [0.25, 0.3) is 0 Å². The molecule has 1 aliphatic rings. The highest BCUT2D eigenvalue weighted by Gasteiger charge is 2.25. The van der Waals surface area contributed by atoms with Crippen LogP contribution in [-0.4, -0.2) is 54.7 Å². The second-order valence-corrected chi connectivity index (χ2v) is 6.02. The highest BCUT2D eigenvalue weighted by molar-refractivity contribution is 5.80. The fourth-order valence-corrected chi connectivity index (χ4v) is 2.85. The van der Waals surface area contributed by atoms with Gasteiger partial charge in [-0.3, -0.25) is 4.79 Å². The number of benzene rings is 1. The number of nitrogens with one attached hydrogen (secondary N) is 2. The number of likely N-dealkylation sites (tertiary alicyclic amines) is 1. The molecule has 1 amide bonds. The minimum Gasteiger partial charge on any atom is -0.504 e. The maximum atomic E-state index is 11.8. The first-order chi connectivity index (χ1) is 12.1. The summed E-state index contributed by atoms with van der Waals surface area (Å²) < 4.78 is 5.05. The molecule has 7 heteroatoms. The smallest absolute Gasteiger partial charge is 0.222 e. The number of aliphatic imine (C=N–C) groups is 1. The van der Waals surface area contributed by atoms with E-state index in [0.29, 0.717) is 31.2 Å². The lowest BCUT2D eigenvalue weighted by Crippen LogP contribution is -2.45. The molecule has 1 saturated heterocycles. The molecule has 0 bridgehead atoms. The van der Waals surface area contributed by atoms with E-state index in [9.17, 15) is 9.90 Å². The van der Waals surface area contributed by atoms with E-state index in [1.54, 1.807) is 12.1 Å². The molecule has 1 aromatic rings. The van der Waals surface area contributed by atoms with Gasteiger partial charge in [-0.1, -0.05) is 13.0 Å². The zero-order chi connectivity index (χ0) is 18.2. The summed E-state index contributed by atoms with van der Waals surface area (Å²) in [5.74, 6) is 1.47. The highest BCUT2D eigenvalue weighted by atomic mass is 16.5. The molecule has 7 nitrogen and oxygen atoms in total. The number of amides is 1. The molecule has 1 atom stereocenters. The number of hydrogen-bond acceptors (Lipinski definition) is 4. The molecular formula is C18H28N4O3. The highest BCUT2D eigenvalue weighted by Crippen LogP contribution is 2.26. The minimum atomic E-state index is 0.109. The van der Waals surface area contributed by atoms with E-state index in [4.69, 9.17) is 4.74 Å². The van der Waals surface area contributed by atoms with Crippen molar-refractivity contribution in [3.63, 3.8) is 0 Å². The number of hydrogen-bond donors (Lipinski definition) is 3. The summed E-state index contributed by atoms with van der Waals surface area (Å²) in [6.45, 7) is 6.59. The lowest BCUT2D eigenvalue weighted by atomic mass is 10.2. The maximum Gasteiger partial charge on any atom is 0.222 e. The first-order valence-electron chi connectivity index (χ1n) is 8.75. The van der Waals surface area contributed by atoms with E-state index in [2.05, 4.69) is 15.6 Å². The topological polar surface area (TPSA) is 86.2 Å². The molecule has 0 aliphatic carbocycles. The van der Waals surface area contributed by atoms with Gasteiger partial charge in [-0.2, -0.15) is 0 Å². The van der Waals surface area contributed by atoms with Crippen LogP contribution < -0.4 is 15.4 Å². The Morgan fingerprint density at radius 3 is 2.88 bits per heavy atom. The Morgan fingerprint density at radius 1 is 1.44 bits per heavy atom. The molecule has 138 valence electrons. The predicted molar refractivity (Wildman–Crippen MR) is 97.9 cm³/mol. The van der Waals surface area contributed by atoms with Gasteiger partial charge < -0.3 is 25.4 Å². The minimum absolute atomic E-state index is 0.109. The average molecular weight is 348 g/mol. The van der Waals surface area contributed by atoms with Crippen LogP contribution >= 0.6 is 0 Å². The van der Waals surface area contributed by atoms with Crippen LogP contribution in [0.2, 0.25) is 0 Å². The van der Waals surface area contributed by atoms with Crippen molar-refractivity contribution in [1.29, 1.82) is 0 Å². The first-order valence-corrected chi connectivity index (χ1v) is 8.75. The van der Waals surface area contributed by atoms with Crippen molar-refractivity contribution in [3.05, 3.63) is 23.8 Å². The average Bonchev–Trinajstić information content (AvgIpc) is 3.08. The molecule has 0 radical (unpaired) electrons. The Balaban J connectivity index is 1.97. The number of phenolic OH excluding ortho intramolecular Hbond substituents is 1. The zero-order valence-electron chi connectivity index (χ0n) is 15.2. The number of ether oxygens (including phenoxy) is 1. The van der Waals surface area contributed by atoms with Crippen molar-refractivity contribution in [2.24, 2.45) is 4.99 Å². The van der Waals surface area contributed by atoms with Crippen LogP contribution in [0.15, 0.2) is 23.2 Å². The van der Waals surface area contributed by atoms with Crippen LogP contribution in [0, 0.1) is 0 Å². The summed E-state index contributed by atoms with van der Waals surface area (Å²) in [5, 5.41) is 16.5. The molecule has 0 spiro atoms. The van der Waals surface area contributed by atoms with Crippen LogP contribution in [-0.2, 0) is 11.3 Å². The number of carbonyl (C=O) groups is 1. The molecule has 1 aromatic carbocycles. The largest absolute Gasteiger partial charge is 0.504 e. The van der Waals surface area contributed by atoms with Crippen LogP contribution in [0.1, 0.15) is 32.3 Å². The second-order valence-electron chi connectivity index (χ2n) is 6.02. The maximum absolute atomic E-state index is 11.8. The van der Waals surface area contributed by atoms with Gasteiger partial charge in [-0.25, -0.2) is 4.99 Å². The van der Waals surface area contributed by atoms with Gasteiger partial charge in [-0.05, 0) is 31.0 Å². The standard InChI is InChI=1S/C18H28N4O3/c1-4-17(24)22-9-8-14(12-22)21-18(19-5-2)20-11-13-6-7-16(25-3)15(23)10-13/h6-7,10,14,23H,4-5,8-9,11-12H2,1-3H3,(H2,19,20,21). The van der Waals surface area contributed by atoms with Crippen LogP contribution in [0.3, 0.4) is 0 Å². The van der Waals surface area contributed by atoms with E-state index in [1.807, 2.05) is 24.8 Å². The summed E-state index contributed by atoms with van der Waals surface area (Å²) in [6.07, 6.45) is 1.46. The Bertz CT molecular complexity index is 618. The van der Waals surface area contributed by atoms with Crippen molar-refractivity contribution in [1.82, 2.24) is 15.5 Å². The number of phenols is 1. The normalized spacial score (nSPS) is 17.5. The number of guanidine groups is 1. The summed E-state index contributed by atoms with van der Waals surface area (Å²) in [4.78, 5) is 18.2. The number of carbonyl (C=O) groups excluding carboxylic acids is 1. The van der Waals surface area contributed by atoms with Gasteiger partial charge in [-0.15, -0.1) is 0 Å². The summed E-state index contributed by atoms with van der Waals surface area (Å²) in [6, 6.07) is 5.47. The first kappa shape index (κ1) is 18.9. The molecule has 0 aromatic heterocycles. The van der Waals surface area contributed by atoms with Crippen molar-refractivity contribution in [2.75, 3.05) is 26.7 Å². The third kappa shape index (κ3) is 5.27. The second kappa shape index (κ2) is 9.15. The molecule has 25 heavy (non-hydrogen) atoms. The van der Waals surface area contributed by atoms with E-state index in [-0.39, 0.29) is 17.7 Å². The van der Waals surface area contributed by atoms with E-state index in [1.165, 1.54) is 7.11 Å². The third-order valence-electron chi connectivity index (χ3n) is 4.19. The number of methoxy groups -OCH3 is 1. The van der Waals surface area contributed by atoms with Crippen LogP contribution in [0.25, 0.3) is 0 Å². The molecule has 0 saturated carbocycles. The van der Waals surface area contributed by atoms with Gasteiger partial charge in [0.1, 0.15) is 0 Å². The van der Waals surface area contributed by atoms with Crippen molar-refractivity contribution in [3.8, 4) is 11.5 Å². The van der Waals surface area contributed by atoms with Gasteiger partial charge in [0, 0.05) is 32.1 Å². The van der Waals surface area contributed by atoms with Crippen molar-refractivity contribution in [2.45, 2.75) is 39.3 Å². The summed E-state index contributed by atoms with van der Waals surface area (Å²) >= 11 is 0. The quantitative estimate of drug-likeness (QED) is 0.535. The molecule has 3 N–H and O–H groups in total. The molecule has 1 aliphatic heterocycles. The number of nitrogens with zero attached hydrogens (tertiary/aromatic N) is 2. The Morgan fingerprint density at radius 2 is 2.24 bits per heavy atom. The van der Waals surface area contributed by atoms with E-state index >= 15 is 0 Å².